The highest BCUT2D eigenvalue weighted by molar-refractivity contribution is 6.33. The zero-order chi connectivity index (χ0) is 14.6. The molecule has 2 aromatic heterocycles. The Hall–Kier alpha value is -1.65. The van der Waals surface area contributed by atoms with Crippen LogP contribution in [0.3, 0.4) is 0 Å². The molecule has 0 radical (unpaired) electrons. The number of nitrogens with zero attached hydrogens (tertiary/aromatic N) is 1. The lowest BCUT2D eigenvalue weighted by Crippen LogP contribution is -2.05. The lowest BCUT2D eigenvalue weighted by molar-refractivity contribution is 0.419. The number of rotatable bonds is 1. The van der Waals surface area contributed by atoms with Gasteiger partial charge in [0.15, 0.2) is 5.75 Å². The van der Waals surface area contributed by atoms with E-state index in [0.29, 0.717) is 38.0 Å². The van der Waals surface area contributed by atoms with E-state index in [-0.39, 0.29) is 5.43 Å². The number of halogens is 2. The molecule has 0 unspecified atom stereocenters. The Morgan fingerprint density at radius 1 is 1.30 bits per heavy atom. The van der Waals surface area contributed by atoms with E-state index in [1.54, 1.807) is 23.7 Å². The summed E-state index contributed by atoms with van der Waals surface area (Å²) in [6.45, 7) is 1.83. The highest BCUT2D eigenvalue weighted by Crippen LogP contribution is 2.35. The van der Waals surface area contributed by atoms with E-state index in [2.05, 4.69) is 0 Å². The molecule has 1 aromatic carbocycles. The van der Waals surface area contributed by atoms with Crippen molar-refractivity contribution in [3.8, 4) is 5.75 Å². The first kappa shape index (κ1) is 13.3. The van der Waals surface area contributed by atoms with Crippen LogP contribution in [0.25, 0.3) is 22.1 Å². The molecule has 0 atom stereocenters. The molecule has 0 saturated heterocycles. The third-order valence-electron chi connectivity index (χ3n) is 3.37. The number of hydrogen-bond donors (Lipinski definition) is 0. The van der Waals surface area contributed by atoms with Crippen LogP contribution in [0.15, 0.2) is 21.3 Å². The van der Waals surface area contributed by atoms with Gasteiger partial charge in [0.05, 0.1) is 17.5 Å². The van der Waals surface area contributed by atoms with Crippen LogP contribution in [0, 0.1) is 6.92 Å². The van der Waals surface area contributed by atoms with Gasteiger partial charge in [-0.25, -0.2) is 0 Å². The third-order valence-corrected chi connectivity index (χ3v) is 4.01. The summed E-state index contributed by atoms with van der Waals surface area (Å²) in [4.78, 5) is 12.7. The summed E-state index contributed by atoms with van der Waals surface area (Å²) in [7, 11) is 3.21. The smallest absolute Gasteiger partial charge is 0.212 e. The monoisotopic (exact) mass is 311 g/mol. The van der Waals surface area contributed by atoms with Crippen molar-refractivity contribution in [2.24, 2.45) is 7.05 Å². The standard InChI is InChI=1S/C14H11Cl2NO3/c1-6-4-8(15)13(19-3)10-11(18)7-5-9(16)17(2)14(7)20-12(6)10/h4-5H,1-3H3. The molecule has 0 amide bonds. The average Bonchev–Trinajstić information content (AvgIpc) is 2.68. The maximum Gasteiger partial charge on any atom is 0.212 e. The van der Waals surface area contributed by atoms with Gasteiger partial charge < -0.3 is 13.7 Å². The Balaban J connectivity index is 2.67. The molecule has 20 heavy (non-hydrogen) atoms. The molecule has 0 aliphatic carbocycles. The molecule has 0 fully saturated rings. The molecule has 3 aromatic rings. The number of fused-ring (bicyclic) bond motifs is 2. The summed E-state index contributed by atoms with van der Waals surface area (Å²) < 4.78 is 12.7. The highest BCUT2D eigenvalue weighted by atomic mass is 35.5. The molecule has 6 heteroatoms. The molecular formula is C14H11Cl2NO3. The summed E-state index contributed by atoms with van der Waals surface area (Å²) in [5.41, 5.74) is 1.45. The van der Waals surface area contributed by atoms with Gasteiger partial charge in [0.25, 0.3) is 0 Å². The van der Waals surface area contributed by atoms with E-state index in [1.165, 1.54) is 7.11 Å². The van der Waals surface area contributed by atoms with E-state index in [4.69, 9.17) is 32.4 Å². The van der Waals surface area contributed by atoms with Gasteiger partial charge >= 0.3 is 0 Å². The Kier molecular flexibility index (Phi) is 2.96. The van der Waals surface area contributed by atoms with E-state index < -0.39 is 0 Å². The molecule has 0 aliphatic rings. The van der Waals surface area contributed by atoms with Crippen LogP contribution < -0.4 is 10.2 Å². The van der Waals surface area contributed by atoms with Gasteiger partial charge in [0.2, 0.25) is 11.1 Å². The molecule has 0 saturated carbocycles. The normalized spacial score (nSPS) is 11.4. The topological polar surface area (TPSA) is 44.4 Å². The van der Waals surface area contributed by atoms with Crippen LogP contribution in [-0.2, 0) is 7.05 Å². The maximum atomic E-state index is 12.7. The van der Waals surface area contributed by atoms with Crippen molar-refractivity contribution in [1.82, 2.24) is 4.57 Å². The molecule has 3 rings (SSSR count). The second-order valence-corrected chi connectivity index (χ2v) is 5.38. The van der Waals surface area contributed by atoms with Crippen LogP contribution in [0.2, 0.25) is 10.2 Å². The quantitative estimate of drug-likeness (QED) is 0.684. The molecular weight excluding hydrogens is 301 g/mol. The Bertz CT molecular complexity index is 909. The molecule has 104 valence electrons. The molecule has 4 nitrogen and oxygen atoms in total. The van der Waals surface area contributed by atoms with Gasteiger partial charge in [0, 0.05) is 7.05 Å². The SMILES string of the molecule is COc1c(Cl)cc(C)c2oc3c(cc(Cl)n3C)c(=O)c12. The van der Waals surface area contributed by atoms with E-state index in [0.717, 1.165) is 5.56 Å². The number of benzene rings is 1. The van der Waals surface area contributed by atoms with Crippen LogP contribution in [-0.4, -0.2) is 11.7 Å². The Morgan fingerprint density at radius 2 is 2.00 bits per heavy atom. The molecule has 2 heterocycles. The minimum absolute atomic E-state index is 0.203. The lowest BCUT2D eigenvalue weighted by Gasteiger charge is -2.09. The minimum atomic E-state index is -0.203. The predicted octanol–water partition coefficient (Wildman–Crippen LogP) is 3.91. The number of methoxy groups -OCH3 is 1. The van der Waals surface area contributed by atoms with Gasteiger partial charge in [-0.2, -0.15) is 0 Å². The summed E-state index contributed by atoms with van der Waals surface area (Å²) in [6, 6.07) is 3.29. The number of ether oxygens (including phenoxy) is 1. The van der Waals surface area contributed by atoms with Crippen LogP contribution in [0.4, 0.5) is 0 Å². The summed E-state index contributed by atoms with van der Waals surface area (Å²) in [6.07, 6.45) is 0. The molecule has 0 aliphatic heterocycles. The average molecular weight is 312 g/mol. The summed E-state index contributed by atoms with van der Waals surface area (Å²) >= 11 is 12.2. The molecule has 0 spiro atoms. The van der Waals surface area contributed by atoms with Gasteiger partial charge in [0.1, 0.15) is 16.1 Å². The van der Waals surface area contributed by atoms with Crippen molar-refractivity contribution >= 4 is 45.3 Å². The van der Waals surface area contributed by atoms with E-state index in [1.807, 2.05) is 6.92 Å². The first-order valence-corrected chi connectivity index (χ1v) is 6.66. The van der Waals surface area contributed by atoms with Crippen LogP contribution >= 0.6 is 23.2 Å². The molecule has 0 bridgehead atoms. The fourth-order valence-corrected chi connectivity index (χ4v) is 2.87. The number of hydrogen-bond acceptors (Lipinski definition) is 3. The molecule has 0 N–H and O–H groups in total. The third kappa shape index (κ3) is 1.65. The van der Waals surface area contributed by atoms with Crippen molar-refractivity contribution in [1.29, 1.82) is 0 Å². The van der Waals surface area contributed by atoms with Gasteiger partial charge in [-0.3, -0.25) is 4.79 Å². The number of aromatic nitrogens is 1. The van der Waals surface area contributed by atoms with E-state index >= 15 is 0 Å². The van der Waals surface area contributed by atoms with Crippen LogP contribution in [0.5, 0.6) is 5.75 Å². The largest absolute Gasteiger partial charge is 0.494 e. The van der Waals surface area contributed by atoms with Crippen molar-refractivity contribution in [3.63, 3.8) is 0 Å². The van der Waals surface area contributed by atoms with Crippen molar-refractivity contribution in [2.45, 2.75) is 6.92 Å². The first-order valence-electron chi connectivity index (χ1n) is 5.90. The minimum Gasteiger partial charge on any atom is -0.494 e. The fraction of sp³-hybridized carbons (Fsp3) is 0.214. The fourth-order valence-electron chi connectivity index (χ4n) is 2.35. The predicted molar refractivity (Wildman–Crippen MR) is 80.3 cm³/mol. The van der Waals surface area contributed by atoms with Crippen LogP contribution in [0.1, 0.15) is 5.56 Å². The van der Waals surface area contributed by atoms with E-state index in [9.17, 15) is 4.79 Å². The lowest BCUT2D eigenvalue weighted by atomic mass is 10.1. The zero-order valence-corrected chi connectivity index (χ0v) is 12.6. The number of aryl methyl sites for hydroxylation is 2. The summed E-state index contributed by atoms with van der Waals surface area (Å²) in [5, 5.41) is 1.56. The first-order chi connectivity index (χ1) is 9.45. The van der Waals surface area contributed by atoms with Gasteiger partial charge in [-0.1, -0.05) is 23.2 Å². The van der Waals surface area contributed by atoms with Gasteiger partial charge in [-0.05, 0) is 24.6 Å². The Labute approximate surface area is 124 Å². The summed E-state index contributed by atoms with van der Waals surface area (Å²) in [5.74, 6) is 0.322. The second kappa shape index (κ2) is 4.43. The van der Waals surface area contributed by atoms with Crippen molar-refractivity contribution in [3.05, 3.63) is 38.1 Å². The zero-order valence-electron chi connectivity index (χ0n) is 11.1. The second-order valence-electron chi connectivity index (χ2n) is 4.59. The van der Waals surface area contributed by atoms with Crippen molar-refractivity contribution in [2.75, 3.05) is 7.11 Å². The van der Waals surface area contributed by atoms with Gasteiger partial charge in [-0.15, -0.1) is 0 Å². The maximum absolute atomic E-state index is 12.7. The highest BCUT2D eigenvalue weighted by Gasteiger charge is 2.19. The van der Waals surface area contributed by atoms with Crippen molar-refractivity contribution < 1.29 is 9.15 Å². The Morgan fingerprint density at radius 3 is 2.65 bits per heavy atom.